The Morgan fingerprint density at radius 2 is 1.81 bits per heavy atom. The summed E-state index contributed by atoms with van der Waals surface area (Å²) in [4.78, 5) is 48.8. The molecule has 2 N–H and O–H groups in total. The van der Waals surface area contributed by atoms with Gasteiger partial charge in [-0.15, -0.1) is 0 Å². The smallest absolute Gasteiger partial charge is 0.325 e. The quantitative estimate of drug-likeness (QED) is 0.282. The summed E-state index contributed by atoms with van der Waals surface area (Å²) in [7, 11) is 0. The first-order valence-corrected chi connectivity index (χ1v) is 9.66. The van der Waals surface area contributed by atoms with Gasteiger partial charge in [-0.1, -0.05) is 18.7 Å². The number of amides is 4. The SMILES string of the molecule is C=C(C)COc1ccc(C2(C)NC(=O)N(CC(=O)Nc3ccc([N+](=O)[O-])cc3)C2=O)cc1. The van der Waals surface area contributed by atoms with Crippen LogP contribution in [0.3, 0.4) is 0 Å². The normalized spacial score (nSPS) is 17.6. The molecule has 1 heterocycles. The second kappa shape index (κ2) is 8.88. The number of imide groups is 1. The van der Waals surface area contributed by atoms with Crippen molar-refractivity contribution in [1.29, 1.82) is 0 Å². The van der Waals surface area contributed by atoms with Crippen LogP contribution in [-0.4, -0.2) is 40.8 Å². The molecular weight excluding hydrogens is 416 g/mol. The first-order valence-electron chi connectivity index (χ1n) is 9.66. The first kappa shape index (κ1) is 22.5. The van der Waals surface area contributed by atoms with Crippen LogP contribution in [0.25, 0.3) is 0 Å². The number of hydrogen-bond donors (Lipinski definition) is 2. The summed E-state index contributed by atoms with van der Waals surface area (Å²) in [5.41, 5.74) is 0.251. The molecule has 3 rings (SSSR count). The van der Waals surface area contributed by atoms with Crippen molar-refractivity contribution >= 4 is 29.2 Å². The fraction of sp³-hybridized carbons (Fsp3) is 0.227. The average Bonchev–Trinajstić information content (AvgIpc) is 2.97. The zero-order valence-corrected chi connectivity index (χ0v) is 17.6. The molecule has 4 amide bonds. The zero-order valence-electron chi connectivity index (χ0n) is 17.6. The molecule has 0 aromatic heterocycles. The summed E-state index contributed by atoms with van der Waals surface area (Å²) in [5, 5.41) is 15.9. The predicted octanol–water partition coefficient (Wildman–Crippen LogP) is 2.96. The highest BCUT2D eigenvalue weighted by molar-refractivity contribution is 6.10. The van der Waals surface area contributed by atoms with Crippen LogP contribution in [0.4, 0.5) is 16.2 Å². The van der Waals surface area contributed by atoms with Gasteiger partial charge in [0.25, 0.3) is 11.6 Å². The van der Waals surface area contributed by atoms with Crippen LogP contribution in [0.2, 0.25) is 0 Å². The molecular formula is C22H22N4O6. The van der Waals surface area contributed by atoms with Gasteiger partial charge >= 0.3 is 6.03 Å². The summed E-state index contributed by atoms with van der Waals surface area (Å²) < 4.78 is 5.54. The Morgan fingerprint density at radius 1 is 1.19 bits per heavy atom. The third kappa shape index (κ3) is 4.75. The maximum absolute atomic E-state index is 13.0. The Balaban J connectivity index is 1.67. The number of nitrogens with one attached hydrogen (secondary N) is 2. The first-order chi connectivity index (χ1) is 15.1. The number of carbonyl (C=O) groups is 3. The lowest BCUT2D eigenvalue weighted by molar-refractivity contribution is -0.384. The van der Waals surface area contributed by atoms with Crippen molar-refractivity contribution in [3.63, 3.8) is 0 Å². The third-order valence-corrected chi connectivity index (χ3v) is 4.86. The molecule has 0 spiro atoms. The molecule has 1 saturated heterocycles. The number of rotatable bonds is 8. The number of benzene rings is 2. The zero-order chi connectivity index (χ0) is 23.5. The van der Waals surface area contributed by atoms with Crippen LogP contribution < -0.4 is 15.4 Å². The number of nitro groups is 1. The van der Waals surface area contributed by atoms with E-state index in [1.807, 2.05) is 6.92 Å². The molecule has 0 radical (unpaired) electrons. The third-order valence-electron chi connectivity index (χ3n) is 4.86. The van der Waals surface area contributed by atoms with E-state index in [4.69, 9.17) is 4.74 Å². The summed E-state index contributed by atoms with van der Waals surface area (Å²) in [6.45, 7) is 7.03. The number of anilines is 1. The molecule has 0 saturated carbocycles. The fourth-order valence-corrected chi connectivity index (χ4v) is 3.14. The summed E-state index contributed by atoms with van der Waals surface area (Å²) in [6, 6.07) is 11.2. The van der Waals surface area contributed by atoms with Crippen LogP contribution >= 0.6 is 0 Å². The van der Waals surface area contributed by atoms with Crippen molar-refractivity contribution < 1.29 is 24.0 Å². The van der Waals surface area contributed by atoms with Crippen molar-refractivity contribution in [3.05, 3.63) is 76.4 Å². The summed E-state index contributed by atoms with van der Waals surface area (Å²) in [5.74, 6) is -0.594. The van der Waals surface area contributed by atoms with Crippen molar-refractivity contribution in [2.75, 3.05) is 18.5 Å². The van der Waals surface area contributed by atoms with Crippen LogP contribution in [0.5, 0.6) is 5.75 Å². The molecule has 1 aliphatic heterocycles. The highest BCUT2D eigenvalue weighted by Crippen LogP contribution is 2.30. The number of ether oxygens (including phenoxy) is 1. The molecule has 10 heteroatoms. The van der Waals surface area contributed by atoms with Crippen LogP contribution in [0, 0.1) is 10.1 Å². The maximum atomic E-state index is 13.0. The summed E-state index contributed by atoms with van der Waals surface area (Å²) >= 11 is 0. The van der Waals surface area contributed by atoms with Gasteiger partial charge in [0, 0.05) is 17.8 Å². The number of non-ortho nitro benzene ring substituents is 1. The summed E-state index contributed by atoms with van der Waals surface area (Å²) in [6.07, 6.45) is 0. The predicted molar refractivity (Wildman–Crippen MR) is 116 cm³/mol. The lowest BCUT2D eigenvalue weighted by atomic mass is 9.92. The largest absolute Gasteiger partial charge is 0.489 e. The van der Waals surface area contributed by atoms with E-state index in [0.717, 1.165) is 10.5 Å². The maximum Gasteiger partial charge on any atom is 0.325 e. The van der Waals surface area contributed by atoms with Gasteiger partial charge in [0.15, 0.2) is 0 Å². The minimum Gasteiger partial charge on any atom is -0.489 e. The van der Waals surface area contributed by atoms with E-state index in [-0.39, 0.29) is 5.69 Å². The molecule has 32 heavy (non-hydrogen) atoms. The van der Waals surface area contributed by atoms with E-state index < -0.39 is 34.9 Å². The van der Waals surface area contributed by atoms with Gasteiger partial charge in [0.05, 0.1) is 4.92 Å². The minimum atomic E-state index is -1.34. The van der Waals surface area contributed by atoms with Gasteiger partial charge in [-0.2, -0.15) is 0 Å². The Kier molecular flexibility index (Phi) is 6.24. The van der Waals surface area contributed by atoms with Gasteiger partial charge in [-0.25, -0.2) is 4.79 Å². The number of nitro benzene ring substituents is 1. The minimum absolute atomic E-state index is 0.121. The lowest BCUT2D eigenvalue weighted by Crippen LogP contribution is -2.42. The molecule has 1 aliphatic rings. The van der Waals surface area contributed by atoms with Crippen molar-refractivity contribution in [2.45, 2.75) is 19.4 Å². The van der Waals surface area contributed by atoms with E-state index >= 15 is 0 Å². The lowest BCUT2D eigenvalue weighted by Gasteiger charge is -2.22. The highest BCUT2D eigenvalue weighted by atomic mass is 16.6. The van der Waals surface area contributed by atoms with E-state index in [9.17, 15) is 24.5 Å². The van der Waals surface area contributed by atoms with Gasteiger partial charge in [-0.05, 0) is 49.2 Å². The van der Waals surface area contributed by atoms with Gasteiger partial charge in [-0.3, -0.25) is 24.6 Å². The fourth-order valence-electron chi connectivity index (χ4n) is 3.14. The van der Waals surface area contributed by atoms with Crippen molar-refractivity contribution in [1.82, 2.24) is 10.2 Å². The second-order valence-corrected chi connectivity index (χ2v) is 7.57. The van der Waals surface area contributed by atoms with Gasteiger partial charge in [0.1, 0.15) is 24.4 Å². The Morgan fingerprint density at radius 3 is 2.38 bits per heavy atom. The number of hydrogen-bond acceptors (Lipinski definition) is 6. The molecule has 0 aliphatic carbocycles. The van der Waals surface area contributed by atoms with Crippen molar-refractivity contribution in [3.8, 4) is 5.75 Å². The number of urea groups is 1. The van der Waals surface area contributed by atoms with Crippen molar-refractivity contribution in [2.24, 2.45) is 0 Å². The monoisotopic (exact) mass is 438 g/mol. The van der Waals surface area contributed by atoms with Crippen LogP contribution in [-0.2, 0) is 15.1 Å². The number of nitrogens with zero attached hydrogens (tertiary/aromatic N) is 2. The number of carbonyl (C=O) groups excluding carboxylic acids is 3. The van der Waals surface area contributed by atoms with Gasteiger partial charge in [0.2, 0.25) is 5.91 Å². The van der Waals surface area contributed by atoms with E-state index in [2.05, 4.69) is 17.2 Å². The second-order valence-electron chi connectivity index (χ2n) is 7.57. The molecule has 1 unspecified atom stereocenters. The molecule has 1 fully saturated rings. The molecule has 166 valence electrons. The molecule has 2 aromatic rings. The highest BCUT2D eigenvalue weighted by Gasteiger charge is 2.49. The van der Waals surface area contributed by atoms with E-state index in [0.29, 0.717) is 23.6 Å². The Hall–Kier alpha value is -4.21. The topological polar surface area (TPSA) is 131 Å². The van der Waals surface area contributed by atoms with E-state index in [1.54, 1.807) is 31.2 Å². The Bertz CT molecular complexity index is 1080. The molecule has 1 atom stereocenters. The molecule has 0 bridgehead atoms. The Labute approximate surface area is 184 Å². The molecule has 2 aromatic carbocycles. The van der Waals surface area contributed by atoms with Crippen LogP contribution in [0.15, 0.2) is 60.7 Å². The van der Waals surface area contributed by atoms with Gasteiger partial charge < -0.3 is 15.4 Å². The van der Waals surface area contributed by atoms with Crippen LogP contribution in [0.1, 0.15) is 19.4 Å². The standard InChI is InChI=1S/C22H22N4O6/c1-14(2)13-32-18-10-4-15(5-11-18)22(3)20(28)25(21(29)24-22)12-19(27)23-16-6-8-17(9-7-16)26(30)31/h4-11H,1,12-13H2,2-3H3,(H,23,27)(H,24,29). The molecule has 10 nitrogen and oxygen atoms in total. The average molecular weight is 438 g/mol. The van der Waals surface area contributed by atoms with E-state index in [1.165, 1.54) is 24.3 Å².